The third-order valence-electron chi connectivity index (χ3n) is 3.49. The van der Waals surface area contributed by atoms with Gasteiger partial charge in [-0.15, -0.1) is 22.0 Å². The number of amides is 2. The predicted octanol–water partition coefficient (Wildman–Crippen LogP) is 3.35. The molecule has 0 spiro atoms. The Labute approximate surface area is 163 Å². The van der Waals surface area contributed by atoms with Crippen LogP contribution in [0.25, 0.3) is 0 Å². The zero-order valence-corrected chi connectivity index (χ0v) is 16.1. The molecule has 1 aromatic heterocycles. The van der Waals surface area contributed by atoms with Gasteiger partial charge in [-0.2, -0.15) is 0 Å². The van der Waals surface area contributed by atoms with E-state index in [4.69, 9.17) is 16.3 Å². The first kappa shape index (κ1) is 19.1. The van der Waals surface area contributed by atoms with Crippen molar-refractivity contribution in [2.45, 2.75) is 18.9 Å². The first-order chi connectivity index (χ1) is 12.6. The number of nitrogens with one attached hydrogen (secondary N) is 2. The number of hydrogen-bond acceptors (Lipinski definition) is 7. The molecule has 2 heterocycles. The highest BCUT2D eigenvalue weighted by molar-refractivity contribution is 8.00. The highest BCUT2D eigenvalue weighted by Gasteiger charge is 2.22. The van der Waals surface area contributed by atoms with E-state index in [1.165, 1.54) is 23.1 Å². The van der Waals surface area contributed by atoms with Crippen LogP contribution in [0.15, 0.2) is 24.3 Å². The van der Waals surface area contributed by atoms with Crippen LogP contribution in [0.5, 0.6) is 0 Å². The molecule has 0 radical (unpaired) electrons. The second kappa shape index (κ2) is 9.31. The Bertz CT molecular complexity index is 763. The minimum atomic E-state index is -0.218. The minimum Gasteiger partial charge on any atom is -0.371 e. The lowest BCUT2D eigenvalue weighted by molar-refractivity contribution is -0.114. The summed E-state index contributed by atoms with van der Waals surface area (Å²) in [4.78, 5) is 23.8. The van der Waals surface area contributed by atoms with Crippen LogP contribution in [0.4, 0.5) is 10.8 Å². The Morgan fingerprint density at radius 3 is 2.62 bits per heavy atom. The molecule has 10 heteroatoms. The van der Waals surface area contributed by atoms with E-state index in [9.17, 15) is 9.59 Å². The summed E-state index contributed by atoms with van der Waals surface area (Å²) in [7, 11) is 0. The van der Waals surface area contributed by atoms with Crippen LogP contribution in [0.3, 0.4) is 0 Å². The third-order valence-corrected chi connectivity index (χ3v) is 5.60. The summed E-state index contributed by atoms with van der Waals surface area (Å²) in [6, 6.07) is 6.84. The largest absolute Gasteiger partial charge is 0.371 e. The van der Waals surface area contributed by atoms with Crippen LogP contribution in [0.2, 0.25) is 5.02 Å². The summed E-state index contributed by atoms with van der Waals surface area (Å²) in [6.45, 7) is 0.737. The zero-order chi connectivity index (χ0) is 18.4. The number of hydrogen-bond donors (Lipinski definition) is 2. The van der Waals surface area contributed by atoms with Crippen LogP contribution >= 0.6 is 34.7 Å². The van der Waals surface area contributed by atoms with Crippen molar-refractivity contribution in [3.8, 4) is 0 Å². The number of ether oxygens (including phenoxy) is 1. The Balaban J connectivity index is 1.37. The fourth-order valence-electron chi connectivity index (χ4n) is 2.31. The molecule has 1 aliphatic heterocycles. The second-order valence-electron chi connectivity index (χ2n) is 5.54. The SMILES string of the molecule is O=C(CSCC(=O)Nc1nnc(C2CCCO2)s1)Nc1ccc(Cl)cc1. The molecular weight excluding hydrogens is 396 g/mol. The second-order valence-corrected chi connectivity index (χ2v) is 7.97. The fraction of sp³-hybridized carbons (Fsp3) is 0.375. The molecule has 7 nitrogen and oxygen atoms in total. The third kappa shape index (κ3) is 5.66. The molecule has 1 unspecified atom stereocenters. The molecule has 1 aromatic carbocycles. The van der Waals surface area contributed by atoms with Gasteiger partial charge in [-0.1, -0.05) is 22.9 Å². The maximum absolute atomic E-state index is 11.9. The summed E-state index contributed by atoms with van der Waals surface area (Å²) in [5, 5.41) is 15.3. The molecule has 2 amide bonds. The first-order valence-corrected chi connectivity index (χ1v) is 10.3. The maximum Gasteiger partial charge on any atom is 0.236 e. The van der Waals surface area contributed by atoms with Crippen molar-refractivity contribution in [3.05, 3.63) is 34.3 Å². The van der Waals surface area contributed by atoms with Gasteiger partial charge in [-0.05, 0) is 37.1 Å². The molecular formula is C16H17ClN4O3S2. The van der Waals surface area contributed by atoms with Gasteiger partial charge in [0.2, 0.25) is 16.9 Å². The number of benzene rings is 1. The lowest BCUT2D eigenvalue weighted by atomic mass is 10.2. The van der Waals surface area contributed by atoms with E-state index in [-0.39, 0.29) is 29.4 Å². The molecule has 3 rings (SSSR count). The van der Waals surface area contributed by atoms with Gasteiger partial charge in [0.15, 0.2) is 0 Å². The van der Waals surface area contributed by atoms with E-state index < -0.39 is 0 Å². The molecule has 26 heavy (non-hydrogen) atoms. The van der Waals surface area contributed by atoms with E-state index >= 15 is 0 Å². The Morgan fingerprint density at radius 1 is 1.19 bits per heavy atom. The quantitative estimate of drug-likeness (QED) is 0.724. The van der Waals surface area contributed by atoms with Crippen molar-refractivity contribution in [3.63, 3.8) is 0 Å². The van der Waals surface area contributed by atoms with Gasteiger partial charge in [-0.3, -0.25) is 14.9 Å². The van der Waals surface area contributed by atoms with E-state index in [1.807, 2.05) is 0 Å². The van der Waals surface area contributed by atoms with Crippen molar-refractivity contribution in [2.24, 2.45) is 0 Å². The van der Waals surface area contributed by atoms with Gasteiger partial charge in [0.1, 0.15) is 11.1 Å². The number of anilines is 2. The average molecular weight is 413 g/mol. The molecule has 2 N–H and O–H groups in total. The van der Waals surface area contributed by atoms with Crippen LogP contribution in [0, 0.1) is 0 Å². The van der Waals surface area contributed by atoms with Gasteiger partial charge in [0.05, 0.1) is 11.5 Å². The molecule has 2 aromatic rings. The Morgan fingerprint density at radius 2 is 1.92 bits per heavy atom. The fourth-order valence-corrected chi connectivity index (χ4v) is 3.90. The highest BCUT2D eigenvalue weighted by Crippen LogP contribution is 2.31. The summed E-state index contributed by atoms with van der Waals surface area (Å²) in [5.74, 6) is -0.0676. The molecule has 138 valence electrons. The monoisotopic (exact) mass is 412 g/mol. The zero-order valence-electron chi connectivity index (χ0n) is 13.7. The van der Waals surface area contributed by atoms with Crippen molar-refractivity contribution in [1.29, 1.82) is 0 Å². The number of thioether (sulfide) groups is 1. The number of halogens is 1. The summed E-state index contributed by atoms with van der Waals surface area (Å²) in [5.41, 5.74) is 0.667. The minimum absolute atomic E-state index is 0.0101. The molecule has 1 fully saturated rings. The van der Waals surface area contributed by atoms with Crippen molar-refractivity contribution < 1.29 is 14.3 Å². The van der Waals surface area contributed by atoms with Crippen molar-refractivity contribution >= 4 is 57.3 Å². The number of carbonyl (C=O) groups excluding carboxylic acids is 2. The van der Waals surface area contributed by atoms with Crippen LogP contribution in [0.1, 0.15) is 24.0 Å². The lowest BCUT2D eigenvalue weighted by Gasteiger charge is -2.05. The number of carbonyl (C=O) groups is 2. The number of rotatable bonds is 7. The Kier molecular flexibility index (Phi) is 6.84. The van der Waals surface area contributed by atoms with Gasteiger partial charge < -0.3 is 10.1 Å². The van der Waals surface area contributed by atoms with Crippen LogP contribution in [-0.2, 0) is 14.3 Å². The molecule has 1 saturated heterocycles. The Hall–Kier alpha value is -1.68. The molecule has 0 aliphatic carbocycles. The van der Waals surface area contributed by atoms with Crippen molar-refractivity contribution in [1.82, 2.24) is 10.2 Å². The van der Waals surface area contributed by atoms with Crippen LogP contribution < -0.4 is 10.6 Å². The van der Waals surface area contributed by atoms with Gasteiger partial charge in [0, 0.05) is 17.3 Å². The lowest BCUT2D eigenvalue weighted by Crippen LogP contribution is -2.18. The first-order valence-electron chi connectivity index (χ1n) is 7.98. The number of aromatic nitrogens is 2. The highest BCUT2D eigenvalue weighted by atomic mass is 35.5. The van der Waals surface area contributed by atoms with Crippen LogP contribution in [-0.4, -0.2) is 40.1 Å². The van der Waals surface area contributed by atoms with Gasteiger partial charge in [0.25, 0.3) is 0 Å². The van der Waals surface area contributed by atoms with Gasteiger partial charge in [-0.25, -0.2) is 0 Å². The van der Waals surface area contributed by atoms with E-state index in [1.54, 1.807) is 24.3 Å². The summed E-state index contributed by atoms with van der Waals surface area (Å²) >= 11 is 8.34. The normalized spacial score (nSPS) is 16.4. The topological polar surface area (TPSA) is 93.2 Å². The summed E-state index contributed by atoms with van der Waals surface area (Å²) < 4.78 is 5.54. The van der Waals surface area contributed by atoms with E-state index in [0.717, 1.165) is 24.5 Å². The standard InChI is InChI=1S/C16H17ClN4O3S2/c17-10-3-5-11(6-4-10)18-13(22)8-25-9-14(23)19-16-21-20-15(26-16)12-2-1-7-24-12/h3-6,12H,1-2,7-9H2,(H,18,22)(H,19,21,23). The molecule has 1 atom stereocenters. The van der Waals surface area contributed by atoms with Crippen molar-refractivity contribution in [2.75, 3.05) is 28.7 Å². The predicted molar refractivity (Wildman–Crippen MR) is 104 cm³/mol. The van der Waals surface area contributed by atoms with E-state index in [0.29, 0.717) is 15.8 Å². The summed E-state index contributed by atoms with van der Waals surface area (Å²) in [6.07, 6.45) is 1.94. The average Bonchev–Trinajstić information content (AvgIpc) is 3.28. The maximum atomic E-state index is 11.9. The van der Waals surface area contributed by atoms with Gasteiger partial charge >= 0.3 is 0 Å². The smallest absolute Gasteiger partial charge is 0.236 e. The number of nitrogens with zero attached hydrogens (tertiary/aromatic N) is 2. The van der Waals surface area contributed by atoms with E-state index in [2.05, 4.69) is 20.8 Å². The molecule has 1 aliphatic rings. The molecule has 0 saturated carbocycles. The molecule has 0 bridgehead atoms.